The third kappa shape index (κ3) is 3.69. The highest BCUT2D eigenvalue weighted by Crippen LogP contribution is 2.30. The van der Waals surface area contributed by atoms with Crippen LogP contribution in [0.25, 0.3) is 5.78 Å². The predicted molar refractivity (Wildman–Crippen MR) is 96.1 cm³/mol. The molecule has 1 aliphatic rings. The van der Waals surface area contributed by atoms with E-state index in [1.54, 1.807) is 6.33 Å². The van der Waals surface area contributed by atoms with Gasteiger partial charge in [0.15, 0.2) is 5.69 Å². The molecule has 1 aliphatic heterocycles. The molecular formula is C17H19F3N8. The normalized spacial score (nSPS) is 15.9. The predicted octanol–water partition coefficient (Wildman–Crippen LogP) is 2.58. The van der Waals surface area contributed by atoms with Crippen LogP contribution in [0.5, 0.6) is 0 Å². The minimum absolute atomic E-state index is 0.0135. The van der Waals surface area contributed by atoms with Gasteiger partial charge in [0, 0.05) is 37.0 Å². The molecule has 0 saturated carbocycles. The first kappa shape index (κ1) is 18.4. The number of anilines is 2. The summed E-state index contributed by atoms with van der Waals surface area (Å²) in [6.45, 7) is 3.53. The lowest BCUT2D eigenvalue weighted by molar-refractivity contribution is -0.141. The minimum atomic E-state index is -4.54. The lowest BCUT2D eigenvalue weighted by Gasteiger charge is -2.33. The number of rotatable bonds is 4. The van der Waals surface area contributed by atoms with Gasteiger partial charge in [-0.3, -0.25) is 0 Å². The van der Waals surface area contributed by atoms with Crippen LogP contribution in [0.3, 0.4) is 0 Å². The van der Waals surface area contributed by atoms with E-state index in [0.29, 0.717) is 0 Å². The Morgan fingerprint density at radius 1 is 1.11 bits per heavy atom. The monoisotopic (exact) mass is 392 g/mol. The van der Waals surface area contributed by atoms with Gasteiger partial charge in [-0.05, 0) is 19.3 Å². The molecule has 11 heteroatoms. The Hall–Kier alpha value is -2.98. The number of fused-ring (bicyclic) bond motifs is 1. The highest BCUT2D eigenvalue weighted by molar-refractivity contribution is 5.47. The van der Waals surface area contributed by atoms with Crippen molar-refractivity contribution in [1.29, 1.82) is 0 Å². The zero-order chi connectivity index (χ0) is 19.7. The number of nitrogens with one attached hydrogen (secondary N) is 1. The maximum absolute atomic E-state index is 13.1. The number of aryl methyl sites for hydroxylation is 1. The van der Waals surface area contributed by atoms with Gasteiger partial charge in [0.25, 0.3) is 5.78 Å². The van der Waals surface area contributed by atoms with Crippen LogP contribution < -0.4 is 10.2 Å². The van der Waals surface area contributed by atoms with Crippen LogP contribution >= 0.6 is 0 Å². The summed E-state index contributed by atoms with van der Waals surface area (Å²) in [5, 5.41) is 7.15. The molecular weight excluding hydrogens is 373 g/mol. The Balaban J connectivity index is 1.48. The lowest BCUT2D eigenvalue weighted by atomic mass is 10.0. The van der Waals surface area contributed by atoms with Gasteiger partial charge in [0.1, 0.15) is 24.3 Å². The van der Waals surface area contributed by atoms with Crippen molar-refractivity contribution in [2.45, 2.75) is 38.4 Å². The highest BCUT2D eigenvalue weighted by Gasteiger charge is 2.34. The molecule has 0 amide bonds. The molecule has 0 aromatic carbocycles. The number of piperidine rings is 1. The van der Waals surface area contributed by atoms with E-state index in [-0.39, 0.29) is 17.6 Å². The Bertz CT molecular complexity index is 962. The van der Waals surface area contributed by atoms with Crippen molar-refractivity contribution in [3.8, 4) is 0 Å². The summed E-state index contributed by atoms with van der Waals surface area (Å²) >= 11 is 0. The average molecular weight is 392 g/mol. The van der Waals surface area contributed by atoms with Crippen molar-refractivity contribution < 1.29 is 13.2 Å². The van der Waals surface area contributed by atoms with E-state index in [0.717, 1.165) is 49.9 Å². The fraction of sp³-hybridized carbons (Fsp3) is 0.471. The maximum atomic E-state index is 13.1. The number of halogens is 3. The minimum Gasteiger partial charge on any atom is -0.367 e. The molecule has 1 N–H and O–H groups in total. The first-order valence-electron chi connectivity index (χ1n) is 9.04. The molecule has 4 rings (SSSR count). The fourth-order valence-electron chi connectivity index (χ4n) is 3.27. The smallest absolute Gasteiger partial charge is 0.367 e. The van der Waals surface area contributed by atoms with E-state index in [9.17, 15) is 13.2 Å². The van der Waals surface area contributed by atoms with Crippen molar-refractivity contribution in [3.05, 3.63) is 36.2 Å². The second kappa shape index (κ2) is 7.21. The van der Waals surface area contributed by atoms with Gasteiger partial charge in [-0.25, -0.2) is 15.0 Å². The molecule has 0 spiro atoms. The van der Waals surface area contributed by atoms with E-state index in [1.807, 2.05) is 13.0 Å². The molecule has 0 aliphatic carbocycles. The summed E-state index contributed by atoms with van der Waals surface area (Å²) in [4.78, 5) is 18.0. The molecule has 0 radical (unpaired) electrons. The van der Waals surface area contributed by atoms with Crippen LogP contribution in [0.1, 0.15) is 31.2 Å². The number of alkyl halides is 3. The van der Waals surface area contributed by atoms with Crippen LogP contribution in [0.15, 0.2) is 24.8 Å². The van der Waals surface area contributed by atoms with Gasteiger partial charge >= 0.3 is 6.18 Å². The van der Waals surface area contributed by atoms with E-state index in [4.69, 9.17) is 0 Å². The summed E-state index contributed by atoms with van der Waals surface area (Å²) in [7, 11) is 0. The van der Waals surface area contributed by atoms with Gasteiger partial charge in [0.2, 0.25) is 0 Å². The van der Waals surface area contributed by atoms with Crippen molar-refractivity contribution in [2.24, 2.45) is 0 Å². The zero-order valence-electron chi connectivity index (χ0n) is 15.2. The molecule has 8 nitrogen and oxygen atoms in total. The molecule has 3 aromatic rings. The van der Waals surface area contributed by atoms with Crippen LogP contribution in [0.4, 0.5) is 24.8 Å². The van der Waals surface area contributed by atoms with Gasteiger partial charge in [0.05, 0.1) is 0 Å². The fourth-order valence-corrected chi connectivity index (χ4v) is 3.27. The van der Waals surface area contributed by atoms with Crippen LogP contribution in [-0.2, 0) is 12.6 Å². The molecule has 1 fully saturated rings. The number of aromatic nitrogens is 6. The van der Waals surface area contributed by atoms with Crippen molar-refractivity contribution >= 4 is 17.4 Å². The van der Waals surface area contributed by atoms with E-state index >= 15 is 0 Å². The lowest BCUT2D eigenvalue weighted by Crippen LogP contribution is -2.40. The van der Waals surface area contributed by atoms with Gasteiger partial charge in [-0.15, -0.1) is 0 Å². The van der Waals surface area contributed by atoms with Gasteiger partial charge in [-0.1, -0.05) is 6.92 Å². The van der Waals surface area contributed by atoms with Crippen LogP contribution in [0.2, 0.25) is 0 Å². The molecule has 0 unspecified atom stereocenters. The SMILES string of the molecule is CCc1cc(N2CCC(Nc3cc(C(F)(F)F)nc4ncnn34)CC2)ncn1. The topological polar surface area (TPSA) is 84.1 Å². The Morgan fingerprint density at radius 3 is 2.61 bits per heavy atom. The second-order valence-electron chi connectivity index (χ2n) is 6.62. The number of hydrogen-bond donors (Lipinski definition) is 1. The quantitative estimate of drug-likeness (QED) is 0.731. The Labute approximate surface area is 158 Å². The van der Waals surface area contributed by atoms with Gasteiger partial charge < -0.3 is 10.2 Å². The molecule has 0 bridgehead atoms. The molecule has 0 atom stereocenters. The van der Waals surface area contributed by atoms with Crippen molar-refractivity contribution in [1.82, 2.24) is 29.5 Å². The highest BCUT2D eigenvalue weighted by atomic mass is 19.4. The summed E-state index contributed by atoms with van der Waals surface area (Å²) < 4.78 is 40.6. The first-order valence-corrected chi connectivity index (χ1v) is 9.04. The molecule has 3 aromatic heterocycles. The third-order valence-corrected chi connectivity index (χ3v) is 4.78. The largest absolute Gasteiger partial charge is 0.433 e. The van der Waals surface area contributed by atoms with Crippen LogP contribution in [0, 0.1) is 0 Å². The Morgan fingerprint density at radius 2 is 1.89 bits per heavy atom. The molecule has 148 valence electrons. The van der Waals surface area contributed by atoms with Crippen molar-refractivity contribution in [3.63, 3.8) is 0 Å². The zero-order valence-corrected chi connectivity index (χ0v) is 15.2. The standard InChI is InChI=1S/C17H19F3N8/c1-2-11-7-14(22-9-21-11)27-5-3-12(4-6-27)25-15-8-13(17(18,19)20)26-16-23-10-24-28(15)16/h7-10,12,25H,2-6H2,1H3. The van der Waals surface area contributed by atoms with E-state index in [2.05, 4.69) is 35.3 Å². The maximum Gasteiger partial charge on any atom is 0.433 e. The van der Waals surface area contributed by atoms with Crippen molar-refractivity contribution in [2.75, 3.05) is 23.3 Å². The summed E-state index contributed by atoms with van der Waals surface area (Å²) in [6, 6.07) is 2.97. The third-order valence-electron chi connectivity index (χ3n) is 4.78. The van der Waals surface area contributed by atoms with Crippen LogP contribution in [-0.4, -0.2) is 48.7 Å². The van der Waals surface area contributed by atoms with E-state index < -0.39 is 11.9 Å². The molecule has 28 heavy (non-hydrogen) atoms. The first-order chi connectivity index (χ1) is 13.4. The number of nitrogens with zero attached hydrogens (tertiary/aromatic N) is 7. The average Bonchev–Trinajstić information content (AvgIpc) is 3.17. The molecule has 4 heterocycles. The Kier molecular flexibility index (Phi) is 4.73. The summed E-state index contributed by atoms with van der Waals surface area (Å²) in [6.07, 6.45) is 0.561. The van der Waals surface area contributed by atoms with Gasteiger partial charge in [-0.2, -0.15) is 27.8 Å². The number of hydrogen-bond acceptors (Lipinski definition) is 7. The summed E-state index contributed by atoms with van der Waals surface area (Å²) in [5.41, 5.74) is -0.00342. The van der Waals surface area contributed by atoms with E-state index in [1.165, 1.54) is 10.8 Å². The molecule has 1 saturated heterocycles. The summed E-state index contributed by atoms with van der Waals surface area (Å²) in [5.74, 6) is 1.04. The second-order valence-corrected chi connectivity index (χ2v) is 6.62.